The highest BCUT2D eigenvalue weighted by atomic mass is 35.5. The van der Waals surface area contributed by atoms with Gasteiger partial charge in [0.2, 0.25) is 5.91 Å². The van der Waals surface area contributed by atoms with E-state index in [2.05, 4.69) is 10.4 Å². The highest BCUT2D eigenvalue weighted by molar-refractivity contribution is 6.30. The predicted molar refractivity (Wildman–Crippen MR) is 107 cm³/mol. The van der Waals surface area contributed by atoms with Gasteiger partial charge in [0, 0.05) is 23.2 Å². The van der Waals surface area contributed by atoms with Crippen LogP contribution in [-0.4, -0.2) is 22.2 Å². The molecule has 0 spiro atoms. The first-order valence-electron chi connectivity index (χ1n) is 8.67. The molecule has 0 saturated heterocycles. The van der Waals surface area contributed by atoms with Crippen LogP contribution in [0.5, 0.6) is 0 Å². The van der Waals surface area contributed by atoms with Gasteiger partial charge in [0.15, 0.2) is 0 Å². The van der Waals surface area contributed by atoms with Crippen molar-refractivity contribution in [3.63, 3.8) is 0 Å². The molecule has 6 heteroatoms. The molecule has 0 bridgehead atoms. The summed E-state index contributed by atoms with van der Waals surface area (Å²) >= 11 is 5.90. The van der Waals surface area contributed by atoms with Crippen molar-refractivity contribution >= 4 is 17.5 Å². The Balaban J connectivity index is 1.59. The second kappa shape index (κ2) is 8.64. The SMILES string of the molecule is Cc1ccc(CC(=O)NCCn2nc(-c3ccc(Cl)cc3)ccc2=O)cc1. The summed E-state index contributed by atoms with van der Waals surface area (Å²) in [6, 6.07) is 18.3. The minimum absolute atomic E-state index is 0.0826. The van der Waals surface area contributed by atoms with Gasteiger partial charge in [-0.05, 0) is 30.7 Å². The van der Waals surface area contributed by atoms with Crippen molar-refractivity contribution in [2.45, 2.75) is 19.9 Å². The number of carbonyl (C=O) groups is 1. The van der Waals surface area contributed by atoms with Crippen LogP contribution >= 0.6 is 11.6 Å². The quantitative estimate of drug-likeness (QED) is 0.713. The van der Waals surface area contributed by atoms with Crippen LogP contribution in [0.4, 0.5) is 0 Å². The Kier molecular flexibility index (Phi) is 6.04. The number of nitrogens with zero attached hydrogens (tertiary/aromatic N) is 2. The van der Waals surface area contributed by atoms with Crippen LogP contribution in [-0.2, 0) is 17.8 Å². The molecule has 27 heavy (non-hydrogen) atoms. The van der Waals surface area contributed by atoms with Crippen molar-refractivity contribution < 1.29 is 4.79 Å². The summed E-state index contributed by atoms with van der Waals surface area (Å²) in [5.74, 6) is -0.0826. The molecule has 1 amide bonds. The van der Waals surface area contributed by atoms with Crippen LogP contribution in [0.3, 0.4) is 0 Å². The summed E-state index contributed by atoms with van der Waals surface area (Å²) in [5, 5.41) is 7.85. The second-order valence-corrected chi connectivity index (χ2v) is 6.74. The van der Waals surface area contributed by atoms with Gasteiger partial charge in [-0.3, -0.25) is 9.59 Å². The molecule has 0 radical (unpaired) electrons. The van der Waals surface area contributed by atoms with E-state index >= 15 is 0 Å². The number of benzene rings is 2. The minimum atomic E-state index is -0.208. The van der Waals surface area contributed by atoms with Crippen molar-refractivity contribution in [2.24, 2.45) is 0 Å². The van der Waals surface area contributed by atoms with Crippen LogP contribution < -0.4 is 10.9 Å². The van der Waals surface area contributed by atoms with Crippen LogP contribution in [0.15, 0.2) is 65.5 Å². The van der Waals surface area contributed by atoms with E-state index in [0.717, 1.165) is 16.7 Å². The number of aryl methyl sites for hydroxylation is 1. The molecule has 1 aromatic heterocycles. The smallest absolute Gasteiger partial charge is 0.266 e. The fourth-order valence-corrected chi connectivity index (χ4v) is 2.76. The summed E-state index contributed by atoms with van der Waals surface area (Å²) in [6.45, 7) is 2.65. The maximum atomic E-state index is 12.1. The Labute approximate surface area is 162 Å². The Morgan fingerprint density at radius 2 is 1.74 bits per heavy atom. The first kappa shape index (κ1) is 18.9. The van der Waals surface area contributed by atoms with Crippen molar-refractivity contribution in [3.8, 4) is 11.3 Å². The molecule has 3 aromatic rings. The topological polar surface area (TPSA) is 64.0 Å². The summed E-state index contributed by atoms with van der Waals surface area (Å²) in [6.07, 6.45) is 0.313. The zero-order chi connectivity index (χ0) is 19.2. The summed E-state index contributed by atoms with van der Waals surface area (Å²) < 4.78 is 1.36. The lowest BCUT2D eigenvalue weighted by molar-refractivity contribution is -0.120. The third-order valence-electron chi connectivity index (χ3n) is 4.14. The lowest BCUT2D eigenvalue weighted by atomic mass is 10.1. The predicted octanol–water partition coefficient (Wildman–Crippen LogP) is 3.23. The van der Waals surface area contributed by atoms with Gasteiger partial charge >= 0.3 is 0 Å². The van der Waals surface area contributed by atoms with Gasteiger partial charge in [0.05, 0.1) is 18.7 Å². The number of nitrogens with one attached hydrogen (secondary N) is 1. The first-order valence-corrected chi connectivity index (χ1v) is 9.05. The van der Waals surface area contributed by atoms with E-state index in [-0.39, 0.29) is 11.5 Å². The standard InChI is InChI=1S/C21H20ClN3O2/c1-15-2-4-16(5-3-15)14-20(26)23-12-13-25-21(27)11-10-19(24-25)17-6-8-18(22)9-7-17/h2-11H,12-14H2,1H3,(H,23,26). The van der Waals surface area contributed by atoms with E-state index < -0.39 is 0 Å². The third kappa shape index (κ3) is 5.28. The van der Waals surface area contributed by atoms with Gasteiger partial charge in [0.1, 0.15) is 0 Å². The number of aromatic nitrogens is 2. The molecule has 0 aliphatic carbocycles. The van der Waals surface area contributed by atoms with Gasteiger partial charge in [-0.15, -0.1) is 0 Å². The third-order valence-corrected chi connectivity index (χ3v) is 4.39. The molecule has 0 unspecified atom stereocenters. The average Bonchev–Trinajstić information content (AvgIpc) is 2.66. The largest absolute Gasteiger partial charge is 0.354 e. The van der Waals surface area contributed by atoms with Gasteiger partial charge in [0.25, 0.3) is 5.56 Å². The highest BCUT2D eigenvalue weighted by Crippen LogP contribution is 2.18. The van der Waals surface area contributed by atoms with Crippen LogP contribution in [0.1, 0.15) is 11.1 Å². The Bertz CT molecular complexity index is 980. The molecule has 0 atom stereocenters. The minimum Gasteiger partial charge on any atom is -0.354 e. The molecular formula is C21H20ClN3O2. The Morgan fingerprint density at radius 3 is 2.44 bits per heavy atom. The van der Waals surface area contributed by atoms with Gasteiger partial charge in [-0.25, -0.2) is 4.68 Å². The highest BCUT2D eigenvalue weighted by Gasteiger charge is 2.06. The fourth-order valence-electron chi connectivity index (χ4n) is 2.64. The molecule has 1 N–H and O–H groups in total. The van der Waals surface area contributed by atoms with Gasteiger partial charge < -0.3 is 5.32 Å². The first-order chi connectivity index (χ1) is 13.0. The average molecular weight is 382 g/mol. The number of carbonyl (C=O) groups excluding carboxylic acids is 1. The van der Waals surface area contributed by atoms with Crippen LogP contribution in [0.2, 0.25) is 5.02 Å². The van der Waals surface area contributed by atoms with Crippen molar-refractivity contribution in [3.05, 3.63) is 87.2 Å². The molecule has 138 valence electrons. The van der Waals surface area contributed by atoms with Crippen LogP contribution in [0.25, 0.3) is 11.3 Å². The monoisotopic (exact) mass is 381 g/mol. The molecule has 0 saturated carbocycles. The zero-order valence-electron chi connectivity index (χ0n) is 15.0. The molecule has 0 fully saturated rings. The normalized spacial score (nSPS) is 10.6. The van der Waals surface area contributed by atoms with E-state index in [1.54, 1.807) is 18.2 Å². The number of halogens is 1. The molecule has 0 aliphatic heterocycles. The zero-order valence-corrected chi connectivity index (χ0v) is 15.7. The maximum Gasteiger partial charge on any atom is 0.266 e. The van der Waals surface area contributed by atoms with E-state index in [1.165, 1.54) is 10.7 Å². The molecule has 2 aromatic carbocycles. The summed E-state index contributed by atoms with van der Waals surface area (Å²) in [7, 11) is 0. The molecule has 5 nitrogen and oxygen atoms in total. The second-order valence-electron chi connectivity index (χ2n) is 6.30. The van der Waals surface area contributed by atoms with E-state index in [0.29, 0.717) is 30.2 Å². The molecule has 3 rings (SSSR count). The van der Waals surface area contributed by atoms with Gasteiger partial charge in [-0.2, -0.15) is 5.10 Å². The number of hydrogen-bond acceptors (Lipinski definition) is 3. The van der Waals surface area contributed by atoms with Gasteiger partial charge in [-0.1, -0.05) is 53.6 Å². The summed E-state index contributed by atoms with van der Waals surface area (Å²) in [5.41, 5.74) is 3.46. The Morgan fingerprint density at radius 1 is 1.04 bits per heavy atom. The summed E-state index contributed by atoms with van der Waals surface area (Å²) in [4.78, 5) is 24.1. The lowest BCUT2D eigenvalue weighted by Gasteiger charge is -2.09. The number of rotatable bonds is 6. The maximum absolute atomic E-state index is 12.1. The van der Waals surface area contributed by atoms with Crippen LogP contribution in [0, 0.1) is 6.92 Å². The number of hydrogen-bond donors (Lipinski definition) is 1. The van der Waals surface area contributed by atoms with E-state index in [4.69, 9.17) is 11.6 Å². The lowest BCUT2D eigenvalue weighted by Crippen LogP contribution is -2.32. The number of amides is 1. The van der Waals surface area contributed by atoms with Crippen molar-refractivity contribution in [1.29, 1.82) is 0 Å². The molecular weight excluding hydrogens is 362 g/mol. The van der Waals surface area contributed by atoms with E-state index in [9.17, 15) is 9.59 Å². The molecule has 0 aliphatic rings. The van der Waals surface area contributed by atoms with Crippen molar-refractivity contribution in [1.82, 2.24) is 15.1 Å². The Hall–Kier alpha value is -2.92. The molecule has 1 heterocycles. The van der Waals surface area contributed by atoms with Crippen molar-refractivity contribution in [2.75, 3.05) is 6.54 Å². The van der Waals surface area contributed by atoms with E-state index in [1.807, 2.05) is 43.3 Å². The fraction of sp³-hybridized carbons (Fsp3) is 0.190.